The zero-order valence-corrected chi connectivity index (χ0v) is 10.2. The highest BCUT2D eigenvalue weighted by atomic mass is 79.9. The van der Waals surface area contributed by atoms with Gasteiger partial charge in [-0.2, -0.15) is 0 Å². The van der Waals surface area contributed by atoms with Crippen LogP contribution in [0.4, 0.5) is 14.6 Å². The molecule has 0 spiro atoms. The van der Waals surface area contributed by atoms with Gasteiger partial charge < -0.3 is 10.1 Å². The average Bonchev–Trinajstić information content (AvgIpc) is 2.14. The Morgan fingerprint density at radius 2 is 2.06 bits per heavy atom. The standard InChI is InChI=1S/C6H4BrF2N3O4S/c7-3-1-2(17(10,15)16)4(5(8)9)6(11-3)12(13)14/h1,5H,(H2,10,15,16). The lowest BCUT2D eigenvalue weighted by atomic mass is 10.2. The van der Waals surface area contributed by atoms with E-state index < -0.39 is 37.6 Å². The number of nitrogens with two attached hydrogens (primary N) is 1. The predicted octanol–water partition coefficient (Wildman–Crippen LogP) is 1.34. The molecule has 0 aliphatic rings. The largest absolute Gasteiger partial charge is 0.374 e. The van der Waals surface area contributed by atoms with Crippen LogP contribution in [0.25, 0.3) is 0 Å². The second-order valence-corrected chi connectivity index (χ2v) is 5.13. The number of pyridine rings is 1. The Kier molecular flexibility index (Phi) is 3.74. The van der Waals surface area contributed by atoms with E-state index in [2.05, 4.69) is 20.9 Å². The van der Waals surface area contributed by atoms with Crippen molar-refractivity contribution in [3.8, 4) is 0 Å². The van der Waals surface area contributed by atoms with Crippen LogP contribution in [0.5, 0.6) is 0 Å². The van der Waals surface area contributed by atoms with Gasteiger partial charge in [0.1, 0.15) is 10.5 Å². The van der Waals surface area contributed by atoms with E-state index in [0.717, 1.165) is 0 Å². The van der Waals surface area contributed by atoms with E-state index in [0.29, 0.717) is 6.07 Å². The SMILES string of the molecule is NS(=O)(=O)c1cc(Br)nc([N+](=O)[O-])c1C(F)F. The number of nitro groups is 1. The maximum atomic E-state index is 12.6. The van der Waals surface area contributed by atoms with Crippen LogP contribution < -0.4 is 5.14 Å². The van der Waals surface area contributed by atoms with Gasteiger partial charge >= 0.3 is 5.82 Å². The number of rotatable bonds is 3. The summed E-state index contributed by atoms with van der Waals surface area (Å²) >= 11 is 2.68. The number of aromatic nitrogens is 1. The lowest BCUT2D eigenvalue weighted by Crippen LogP contribution is -2.16. The van der Waals surface area contributed by atoms with Gasteiger partial charge in [0.15, 0.2) is 0 Å². The Morgan fingerprint density at radius 3 is 2.41 bits per heavy atom. The summed E-state index contributed by atoms with van der Waals surface area (Å²) in [4.78, 5) is 11.5. The number of alkyl halides is 2. The Morgan fingerprint density at radius 1 is 1.53 bits per heavy atom. The number of hydrogen-bond acceptors (Lipinski definition) is 5. The minimum Gasteiger partial charge on any atom is -0.358 e. The number of primary sulfonamides is 1. The van der Waals surface area contributed by atoms with E-state index in [9.17, 15) is 27.3 Å². The fraction of sp³-hybridized carbons (Fsp3) is 0.167. The molecule has 7 nitrogen and oxygen atoms in total. The summed E-state index contributed by atoms with van der Waals surface area (Å²) in [7, 11) is -4.51. The summed E-state index contributed by atoms with van der Waals surface area (Å²) in [5.74, 6) is -1.25. The van der Waals surface area contributed by atoms with Crippen LogP contribution in [0, 0.1) is 10.1 Å². The Bertz CT molecular complexity index is 577. The molecule has 0 atom stereocenters. The summed E-state index contributed by atoms with van der Waals surface area (Å²) in [6.45, 7) is 0. The molecule has 0 aromatic carbocycles. The van der Waals surface area contributed by atoms with Gasteiger partial charge in [0.25, 0.3) is 6.43 Å². The molecular formula is C6H4BrF2N3O4S. The van der Waals surface area contributed by atoms with Gasteiger partial charge in [-0.05, 0) is 9.91 Å². The van der Waals surface area contributed by atoms with Gasteiger partial charge in [-0.3, -0.25) is 0 Å². The molecule has 1 rings (SSSR count). The highest BCUT2D eigenvalue weighted by molar-refractivity contribution is 9.10. The fourth-order valence-electron chi connectivity index (χ4n) is 1.07. The second-order valence-electron chi connectivity index (χ2n) is 2.78. The zero-order chi connectivity index (χ0) is 13.4. The number of halogens is 3. The van der Waals surface area contributed by atoms with Crippen molar-refractivity contribution in [2.45, 2.75) is 11.3 Å². The molecule has 2 N–H and O–H groups in total. The van der Waals surface area contributed by atoms with Crippen molar-refractivity contribution in [1.29, 1.82) is 0 Å². The molecule has 17 heavy (non-hydrogen) atoms. The molecule has 0 amide bonds. The summed E-state index contributed by atoms with van der Waals surface area (Å²) in [5, 5.41) is 15.2. The third-order valence-corrected chi connectivity index (χ3v) is 3.02. The molecule has 1 aromatic rings. The molecule has 1 heterocycles. The van der Waals surface area contributed by atoms with Crippen molar-refractivity contribution in [3.63, 3.8) is 0 Å². The Labute approximate surface area is 102 Å². The molecule has 1 aromatic heterocycles. The lowest BCUT2D eigenvalue weighted by Gasteiger charge is -2.06. The second kappa shape index (κ2) is 4.58. The van der Waals surface area contributed by atoms with Crippen LogP contribution in [-0.4, -0.2) is 18.3 Å². The Balaban J connectivity index is 3.77. The molecule has 0 aliphatic carbocycles. The molecule has 0 aliphatic heterocycles. The van der Waals surface area contributed by atoms with E-state index >= 15 is 0 Å². The molecule has 11 heteroatoms. The van der Waals surface area contributed by atoms with E-state index in [1.165, 1.54) is 0 Å². The highest BCUT2D eigenvalue weighted by Crippen LogP contribution is 2.34. The average molecular weight is 332 g/mol. The van der Waals surface area contributed by atoms with Crippen molar-refractivity contribution < 1.29 is 22.1 Å². The van der Waals surface area contributed by atoms with E-state index in [1.54, 1.807) is 0 Å². The first-order valence-corrected chi connectivity index (χ1v) is 6.14. The third kappa shape index (κ3) is 2.92. The Hall–Kier alpha value is -1.20. The smallest absolute Gasteiger partial charge is 0.358 e. The monoisotopic (exact) mass is 331 g/mol. The number of sulfonamides is 1. The molecule has 0 radical (unpaired) electrons. The first-order valence-electron chi connectivity index (χ1n) is 3.80. The summed E-state index contributed by atoms with van der Waals surface area (Å²) < 4.78 is 47.1. The molecule has 0 fully saturated rings. The fourth-order valence-corrected chi connectivity index (χ4v) is 2.38. The minimum absolute atomic E-state index is 0.280. The van der Waals surface area contributed by atoms with Crippen molar-refractivity contribution >= 4 is 31.8 Å². The minimum atomic E-state index is -4.51. The third-order valence-electron chi connectivity index (χ3n) is 1.67. The van der Waals surface area contributed by atoms with Gasteiger partial charge in [0, 0.05) is 22.0 Å². The highest BCUT2D eigenvalue weighted by Gasteiger charge is 2.32. The maximum Gasteiger partial charge on any atom is 0.374 e. The molecule has 0 saturated heterocycles. The van der Waals surface area contributed by atoms with Crippen LogP contribution in [-0.2, 0) is 10.0 Å². The normalized spacial score (nSPS) is 11.8. The first kappa shape index (κ1) is 13.9. The molecule has 94 valence electrons. The number of hydrogen-bond donors (Lipinski definition) is 1. The predicted molar refractivity (Wildman–Crippen MR) is 54.9 cm³/mol. The quantitative estimate of drug-likeness (QED) is 0.509. The summed E-state index contributed by atoms with van der Waals surface area (Å²) in [6, 6.07) is 0.684. The topological polar surface area (TPSA) is 116 Å². The van der Waals surface area contributed by atoms with Crippen molar-refractivity contribution in [3.05, 3.63) is 26.3 Å². The van der Waals surface area contributed by atoms with Gasteiger partial charge in [-0.25, -0.2) is 22.3 Å². The van der Waals surface area contributed by atoms with Crippen LogP contribution in [0.15, 0.2) is 15.6 Å². The van der Waals surface area contributed by atoms with Gasteiger partial charge in [-0.1, -0.05) is 0 Å². The van der Waals surface area contributed by atoms with Crippen LogP contribution in [0.2, 0.25) is 0 Å². The van der Waals surface area contributed by atoms with Crippen molar-refractivity contribution in [2.75, 3.05) is 0 Å². The van der Waals surface area contributed by atoms with Crippen LogP contribution >= 0.6 is 15.9 Å². The number of nitrogens with zero attached hydrogens (tertiary/aromatic N) is 2. The molecule has 0 saturated carbocycles. The zero-order valence-electron chi connectivity index (χ0n) is 7.80. The van der Waals surface area contributed by atoms with Crippen molar-refractivity contribution in [2.24, 2.45) is 5.14 Å². The van der Waals surface area contributed by atoms with E-state index in [1.807, 2.05) is 0 Å². The maximum absolute atomic E-state index is 12.6. The lowest BCUT2D eigenvalue weighted by molar-refractivity contribution is -0.391. The van der Waals surface area contributed by atoms with Gasteiger partial charge in [0.05, 0.1) is 0 Å². The van der Waals surface area contributed by atoms with Crippen LogP contribution in [0.3, 0.4) is 0 Å². The first-order chi connectivity index (χ1) is 7.64. The molecular weight excluding hydrogens is 328 g/mol. The van der Waals surface area contributed by atoms with Crippen molar-refractivity contribution in [1.82, 2.24) is 4.98 Å². The van der Waals surface area contributed by atoms with Gasteiger partial charge in [-0.15, -0.1) is 0 Å². The summed E-state index contributed by atoms with van der Waals surface area (Å²) in [5.41, 5.74) is -1.32. The molecule has 0 unspecified atom stereocenters. The van der Waals surface area contributed by atoms with E-state index in [4.69, 9.17) is 5.14 Å². The van der Waals surface area contributed by atoms with Crippen LogP contribution in [0.1, 0.15) is 12.0 Å². The van der Waals surface area contributed by atoms with Gasteiger partial charge in [0.2, 0.25) is 14.6 Å². The molecule has 0 bridgehead atoms. The van der Waals surface area contributed by atoms with E-state index in [-0.39, 0.29) is 4.60 Å². The summed E-state index contributed by atoms with van der Waals surface area (Å²) in [6.07, 6.45) is -3.38.